The van der Waals surface area contributed by atoms with Gasteiger partial charge in [0, 0.05) is 24.8 Å². The number of fused-ring (bicyclic) bond motifs is 1. The van der Waals surface area contributed by atoms with Crippen molar-refractivity contribution >= 4 is 16.6 Å². The molecule has 2 aromatic heterocycles. The zero-order valence-electron chi connectivity index (χ0n) is 19.3. The standard InChI is InChI=1S/C24H27F3N4O3/c1-13(15-10-7-11-16(19(15)25)21(26)27)28-22-17-12-31(14-8-5-4-6-9-14)24(33)20(34-3)18(17)23(32)30(2)29-22/h7,10-14,21H,4-6,8-9H2,1-3H3,(H,28,29)/t13-/m1/s1. The summed E-state index contributed by atoms with van der Waals surface area (Å²) < 4.78 is 49.2. The van der Waals surface area contributed by atoms with Gasteiger partial charge in [-0.05, 0) is 19.8 Å². The van der Waals surface area contributed by atoms with Crippen LogP contribution in [-0.4, -0.2) is 21.5 Å². The number of aromatic nitrogens is 3. The van der Waals surface area contributed by atoms with Gasteiger partial charge in [-0.15, -0.1) is 0 Å². The zero-order valence-corrected chi connectivity index (χ0v) is 19.3. The van der Waals surface area contributed by atoms with E-state index in [-0.39, 0.29) is 34.1 Å². The number of aryl methyl sites for hydroxylation is 1. The Hall–Kier alpha value is -3.30. The first-order chi connectivity index (χ1) is 16.2. The summed E-state index contributed by atoms with van der Waals surface area (Å²) in [5.74, 6) is -0.856. The molecule has 3 aromatic rings. The van der Waals surface area contributed by atoms with E-state index < -0.39 is 29.4 Å². The second kappa shape index (κ2) is 9.52. The van der Waals surface area contributed by atoms with Gasteiger partial charge in [0.2, 0.25) is 0 Å². The number of halogens is 3. The molecule has 1 atom stereocenters. The molecule has 1 aliphatic rings. The molecule has 182 valence electrons. The van der Waals surface area contributed by atoms with Gasteiger partial charge in [0.25, 0.3) is 17.5 Å². The van der Waals surface area contributed by atoms with Crippen LogP contribution in [0.4, 0.5) is 19.0 Å². The molecule has 0 bridgehead atoms. The Labute approximate surface area is 194 Å². The summed E-state index contributed by atoms with van der Waals surface area (Å²) in [6.07, 6.45) is 3.41. The predicted octanol–water partition coefficient (Wildman–Crippen LogP) is 4.86. The third kappa shape index (κ3) is 4.17. The van der Waals surface area contributed by atoms with E-state index in [1.807, 2.05) is 0 Å². The van der Waals surface area contributed by atoms with Crippen molar-refractivity contribution in [3.8, 4) is 5.75 Å². The minimum Gasteiger partial charge on any atom is -0.490 e. The molecule has 1 aliphatic carbocycles. The first-order valence-electron chi connectivity index (χ1n) is 11.3. The lowest BCUT2D eigenvalue weighted by Gasteiger charge is -2.25. The Morgan fingerprint density at radius 2 is 1.79 bits per heavy atom. The van der Waals surface area contributed by atoms with Crippen LogP contribution in [-0.2, 0) is 7.05 Å². The average Bonchev–Trinajstić information content (AvgIpc) is 2.82. The minimum absolute atomic E-state index is 0.0333. The van der Waals surface area contributed by atoms with E-state index in [1.54, 1.807) is 17.7 Å². The fraction of sp³-hybridized carbons (Fsp3) is 0.458. The summed E-state index contributed by atoms with van der Waals surface area (Å²) in [5, 5.41) is 7.76. The van der Waals surface area contributed by atoms with Crippen LogP contribution >= 0.6 is 0 Å². The number of nitrogens with one attached hydrogen (secondary N) is 1. The van der Waals surface area contributed by atoms with Crippen molar-refractivity contribution in [1.29, 1.82) is 0 Å². The number of methoxy groups -OCH3 is 1. The molecule has 0 aliphatic heterocycles. The van der Waals surface area contributed by atoms with Crippen LogP contribution in [0.15, 0.2) is 34.0 Å². The number of anilines is 1. The van der Waals surface area contributed by atoms with Gasteiger partial charge in [-0.3, -0.25) is 9.59 Å². The summed E-state index contributed by atoms with van der Waals surface area (Å²) >= 11 is 0. The lowest BCUT2D eigenvalue weighted by Crippen LogP contribution is -2.30. The quantitative estimate of drug-likeness (QED) is 0.550. The maximum absolute atomic E-state index is 14.8. The fourth-order valence-corrected chi connectivity index (χ4v) is 4.69. The number of benzene rings is 1. The molecule has 1 saturated carbocycles. The second-order valence-corrected chi connectivity index (χ2v) is 8.65. The Kier molecular flexibility index (Phi) is 6.67. The van der Waals surface area contributed by atoms with Crippen molar-refractivity contribution < 1.29 is 17.9 Å². The zero-order chi connectivity index (χ0) is 24.6. The van der Waals surface area contributed by atoms with Gasteiger partial charge in [0.05, 0.1) is 24.1 Å². The van der Waals surface area contributed by atoms with Crippen LogP contribution in [0.25, 0.3) is 10.8 Å². The SMILES string of the molecule is COc1c(=O)n(C2CCCCC2)cc2c(N[C@H](C)c3cccc(C(F)F)c3F)nn(C)c(=O)c12. The van der Waals surface area contributed by atoms with Crippen LogP contribution in [0.2, 0.25) is 0 Å². The van der Waals surface area contributed by atoms with Crippen molar-refractivity contribution in [2.45, 2.75) is 57.5 Å². The second-order valence-electron chi connectivity index (χ2n) is 8.65. The number of alkyl halides is 2. The van der Waals surface area contributed by atoms with Crippen molar-refractivity contribution in [2.24, 2.45) is 7.05 Å². The highest BCUT2D eigenvalue weighted by atomic mass is 19.3. The van der Waals surface area contributed by atoms with Gasteiger partial charge < -0.3 is 14.6 Å². The molecule has 1 N–H and O–H groups in total. The van der Waals surface area contributed by atoms with Crippen molar-refractivity contribution in [3.63, 3.8) is 0 Å². The molecule has 0 saturated heterocycles. The molecule has 7 nitrogen and oxygen atoms in total. The number of ether oxygens (including phenoxy) is 1. The van der Waals surface area contributed by atoms with E-state index in [9.17, 15) is 22.8 Å². The van der Waals surface area contributed by atoms with E-state index in [1.165, 1.54) is 26.3 Å². The number of rotatable bonds is 6. The Morgan fingerprint density at radius 1 is 1.12 bits per heavy atom. The van der Waals surface area contributed by atoms with Crippen LogP contribution in [0.5, 0.6) is 5.75 Å². The lowest BCUT2D eigenvalue weighted by molar-refractivity contribution is 0.146. The Bertz CT molecular complexity index is 1330. The predicted molar refractivity (Wildman–Crippen MR) is 123 cm³/mol. The number of pyridine rings is 1. The maximum Gasteiger partial charge on any atom is 0.294 e. The van der Waals surface area contributed by atoms with E-state index in [2.05, 4.69) is 10.4 Å². The average molecular weight is 476 g/mol. The fourth-order valence-electron chi connectivity index (χ4n) is 4.69. The molecule has 0 radical (unpaired) electrons. The maximum atomic E-state index is 14.8. The lowest BCUT2D eigenvalue weighted by atomic mass is 9.95. The summed E-state index contributed by atoms with van der Waals surface area (Å²) in [6, 6.07) is 3.04. The van der Waals surface area contributed by atoms with Gasteiger partial charge in [0.1, 0.15) is 11.2 Å². The number of hydrogen-bond donors (Lipinski definition) is 1. The molecule has 2 heterocycles. The first kappa shape index (κ1) is 23.8. The Balaban J connectivity index is 1.88. The van der Waals surface area contributed by atoms with Crippen molar-refractivity contribution in [1.82, 2.24) is 14.3 Å². The highest BCUT2D eigenvalue weighted by Gasteiger charge is 2.25. The van der Waals surface area contributed by atoms with Crippen LogP contribution in [0.3, 0.4) is 0 Å². The van der Waals surface area contributed by atoms with E-state index in [4.69, 9.17) is 4.74 Å². The van der Waals surface area contributed by atoms with Gasteiger partial charge in [-0.2, -0.15) is 5.10 Å². The molecule has 0 amide bonds. The minimum atomic E-state index is -2.95. The van der Waals surface area contributed by atoms with Gasteiger partial charge in [0.15, 0.2) is 11.6 Å². The van der Waals surface area contributed by atoms with Crippen LogP contribution in [0, 0.1) is 5.82 Å². The van der Waals surface area contributed by atoms with E-state index >= 15 is 0 Å². The largest absolute Gasteiger partial charge is 0.490 e. The monoisotopic (exact) mass is 476 g/mol. The van der Waals surface area contributed by atoms with Gasteiger partial charge in [-0.1, -0.05) is 37.5 Å². The number of hydrogen-bond acceptors (Lipinski definition) is 5. The molecule has 4 rings (SSSR count). The summed E-state index contributed by atoms with van der Waals surface area (Å²) in [4.78, 5) is 26.1. The Morgan fingerprint density at radius 3 is 2.44 bits per heavy atom. The third-order valence-electron chi connectivity index (χ3n) is 6.49. The van der Waals surface area contributed by atoms with Crippen molar-refractivity contribution in [2.75, 3.05) is 12.4 Å². The molecule has 34 heavy (non-hydrogen) atoms. The molecular weight excluding hydrogens is 449 g/mol. The third-order valence-corrected chi connectivity index (χ3v) is 6.49. The first-order valence-corrected chi connectivity index (χ1v) is 11.3. The summed E-state index contributed by atoms with van der Waals surface area (Å²) in [7, 11) is 2.77. The molecule has 0 unspecified atom stereocenters. The normalized spacial score (nSPS) is 15.6. The smallest absolute Gasteiger partial charge is 0.294 e. The van der Waals surface area contributed by atoms with Gasteiger partial charge >= 0.3 is 0 Å². The summed E-state index contributed by atoms with van der Waals surface area (Å²) in [5.41, 5.74) is -1.55. The van der Waals surface area contributed by atoms with Crippen LogP contribution < -0.4 is 21.2 Å². The molecular formula is C24H27F3N4O3. The highest BCUT2D eigenvalue weighted by Crippen LogP contribution is 2.33. The molecule has 10 heteroatoms. The topological polar surface area (TPSA) is 78.2 Å². The highest BCUT2D eigenvalue weighted by molar-refractivity contribution is 5.94. The summed E-state index contributed by atoms with van der Waals surface area (Å²) in [6.45, 7) is 1.61. The molecule has 0 spiro atoms. The van der Waals surface area contributed by atoms with Crippen molar-refractivity contribution in [3.05, 3.63) is 62.0 Å². The molecule has 1 fully saturated rings. The number of nitrogens with zero attached hydrogens (tertiary/aromatic N) is 3. The van der Waals surface area contributed by atoms with E-state index in [0.29, 0.717) is 5.39 Å². The van der Waals surface area contributed by atoms with Gasteiger partial charge in [-0.25, -0.2) is 17.9 Å². The van der Waals surface area contributed by atoms with Crippen LogP contribution in [0.1, 0.15) is 68.7 Å². The van der Waals surface area contributed by atoms with E-state index in [0.717, 1.165) is 42.9 Å². The molecule has 1 aromatic carbocycles.